The SMILES string of the molecule is NNC(Cc1cccc(C(F)(F)F)c1)Cc1ccc(Br)s1. The van der Waals surface area contributed by atoms with E-state index < -0.39 is 11.7 Å². The van der Waals surface area contributed by atoms with Crippen LogP contribution in [0.1, 0.15) is 16.0 Å². The predicted octanol–water partition coefficient (Wildman–Crippen LogP) is 4.15. The molecule has 0 saturated carbocycles. The van der Waals surface area contributed by atoms with Crippen LogP contribution >= 0.6 is 27.3 Å². The molecule has 0 spiro atoms. The van der Waals surface area contributed by atoms with Crippen molar-refractivity contribution >= 4 is 27.3 Å². The summed E-state index contributed by atoms with van der Waals surface area (Å²) < 4.78 is 39.1. The van der Waals surface area contributed by atoms with E-state index in [0.717, 1.165) is 14.7 Å². The average molecular weight is 379 g/mol. The zero-order chi connectivity index (χ0) is 15.5. The highest BCUT2D eigenvalue weighted by Gasteiger charge is 2.30. The summed E-state index contributed by atoms with van der Waals surface area (Å²) in [7, 11) is 0. The fraction of sp³-hybridized carbons (Fsp3) is 0.286. The smallest absolute Gasteiger partial charge is 0.271 e. The van der Waals surface area contributed by atoms with Gasteiger partial charge in [0.15, 0.2) is 0 Å². The van der Waals surface area contributed by atoms with Crippen LogP contribution in [0.4, 0.5) is 13.2 Å². The summed E-state index contributed by atoms with van der Waals surface area (Å²) in [5, 5.41) is 0. The van der Waals surface area contributed by atoms with Crippen molar-refractivity contribution in [2.24, 2.45) is 5.84 Å². The number of benzene rings is 1. The molecule has 0 radical (unpaired) electrons. The van der Waals surface area contributed by atoms with Crippen LogP contribution in [0.3, 0.4) is 0 Å². The highest BCUT2D eigenvalue weighted by molar-refractivity contribution is 9.11. The Labute approximate surface area is 133 Å². The lowest BCUT2D eigenvalue weighted by molar-refractivity contribution is -0.137. The molecule has 1 atom stereocenters. The third-order valence-corrected chi connectivity index (χ3v) is 4.69. The van der Waals surface area contributed by atoms with Crippen molar-refractivity contribution in [3.8, 4) is 0 Å². The van der Waals surface area contributed by atoms with E-state index in [9.17, 15) is 13.2 Å². The van der Waals surface area contributed by atoms with Gasteiger partial charge in [-0.1, -0.05) is 18.2 Å². The number of thiophene rings is 1. The largest absolute Gasteiger partial charge is 0.416 e. The second-order valence-electron chi connectivity index (χ2n) is 4.68. The van der Waals surface area contributed by atoms with Crippen molar-refractivity contribution in [1.29, 1.82) is 0 Å². The number of hydrogen-bond donors (Lipinski definition) is 2. The highest BCUT2D eigenvalue weighted by Crippen LogP contribution is 2.30. The standard InChI is InChI=1S/C14H14BrF3N2S/c15-13-5-4-12(21-13)8-11(20-19)7-9-2-1-3-10(6-9)14(16,17)18/h1-6,11,20H,7-8,19H2. The van der Waals surface area contributed by atoms with Crippen molar-refractivity contribution in [3.05, 3.63) is 56.2 Å². The number of hydrazine groups is 1. The van der Waals surface area contributed by atoms with Crippen LogP contribution in [0.15, 0.2) is 40.2 Å². The van der Waals surface area contributed by atoms with Gasteiger partial charge >= 0.3 is 6.18 Å². The average Bonchev–Trinajstić information content (AvgIpc) is 2.83. The molecule has 2 aromatic rings. The molecule has 114 valence electrons. The molecule has 1 heterocycles. The topological polar surface area (TPSA) is 38.0 Å². The molecule has 1 aromatic carbocycles. The van der Waals surface area contributed by atoms with Gasteiger partial charge in [0.2, 0.25) is 0 Å². The van der Waals surface area contributed by atoms with Gasteiger partial charge in [-0.05, 0) is 52.5 Å². The van der Waals surface area contributed by atoms with Gasteiger partial charge in [-0.25, -0.2) is 0 Å². The number of alkyl halides is 3. The molecule has 3 N–H and O–H groups in total. The molecule has 1 aromatic heterocycles. The molecule has 0 bridgehead atoms. The number of nitrogens with one attached hydrogen (secondary N) is 1. The summed E-state index contributed by atoms with van der Waals surface area (Å²) in [6, 6.07) is 9.17. The van der Waals surface area contributed by atoms with Crippen molar-refractivity contribution in [1.82, 2.24) is 5.43 Å². The molecule has 1 unspecified atom stereocenters. The first-order valence-electron chi connectivity index (χ1n) is 6.25. The third kappa shape index (κ3) is 4.81. The Hall–Kier alpha value is -0.890. The van der Waals surface area contributed by atoms with Crippen molar-refractivity contribution < 1.29 is 13.2 Å². The van der Waals surface area contributed by atoms with Crippen molar-refractivity contribution in [2.45, 2.75) is 25.1 Å². The van der Waals surface area contributed by atoms with Crippen LogP contribution in [0, 0.1) is 0 Å². The summed E-state index contributed by atoms with van der Waals surface area (Å²) in [5.41, 5.74) is 2.66. The van der Waals surface area contributed by atoms with E-state index in [1.54, 1.807) is 17.4 Å². The van der Waals surface area contributed by atoms with Gasteiger partial charge in [-0.3, -0.25) is 11.3 Å². The van der Waals surface area contributed by atoms with E-state index >= 15 is 0 Å². The van der Waals surface area contributed by atoms with Crippen LogP contribution in [0.2, 0.25) is 0 Å². The minimum absolute atomic E-state index is 0.112. The van der Waals surface area contributed by atoms with Gasteiger partial charge in [-0.15, -0.1) is 11.3 Å². The quantitative estimate of drug-likeness (QED) is 0.605. The van der Waals surface area contributed by atoms with Crippen LogP contribution in [0.25, 0.3) is 0 Å². The Kier molecular flexibility index (Phi) is 5.43. The first kappa shape index (κ1) is 16.5. The maximum Gasteiger partial charge on any atom is 0.416 e. The van der Waals surface area contributed by atoms with Gasteiger partial charge in [0.1, 0.15) is 0 Å². The van der Waals surface area contributed by atoms with E-state index in [1.165, 1.54) is 12.1 Å². The second-order valence-corrected chi connectivity index (χ2v) is 7.22. The Morgan fingerprint density at radius 1 is 1.19 bits per heavy atom. The van der Waals surface area contributed by atoms with Crippen molar-refractivity contribution in [2.75, 3.05) is 0 Å². The van der Waals surface area contributed by atoms with Crippen molar-refractivity contribution in [3.63, 3.8) is 0 Å². The molecule has 0 aliphatic carbocycles. The molecule has 0 saturated heterocycles. The van der Waals surface area contributed by atoms with E-state index in [0.29, 0.717) is 18.4 Å². The Bertz CT molecular complexity index is 598. The Morgan fingerprint density at radius 2 is 1.95 bits per heavy atom. The number of hydrogen-bond acceptors (Lipinski definition) is 3. The number of halogens is 4. The fourth-order valence-corrected chi connectivity index (χ4v) is 3.62. The summed E-state index contributed by atoms with van der Waals surface area (Å²) in [4.78, 5) is 1.12. The van der Waals surface area contributed by atoms with Crippen LogP contribution in [0.5, 0.6) is 0 Å². The molecule has 0 aliphatic heterocycles. The van der Waals surface area contributed by atoms with Crippen LogP contribution in [-0.4, -0.2) is 6.04 Å². The maximum absolute atomic E-state index is 12.7. The van der Waals surface area contributed by atoms with E-state index in [1.807, 2.05) is 12.1 Å². The second kappa shape index (κ2) is 6.91. The molecule has 7 heteroatoms. The van der Waals surface area contributed by atoms with E-state index in [-0.39, 0.29) is 6.04 Å². The molecular weight excluding hydrogens is 365 g/mol. The molecule has 0 fully saturated rings. The lowest BCUT2D eigenvalue weighted by atomic mass is 10.0. The molecule has 21 heavy (non-hydrogen) atoms. The highest BCUT2D eigenvalue weighted by atomic mass is 79.9. The first-order chi connectivity index (χ1) is 9.88. The van der Waals surface area contributed by atoms with Gasteiger partial charge in [0.05, 0.1) is 9.35 Å². The summed E-state index contributed by atoms with van der Waals surface area (Å²) in [5.74, 6) is 5.52. The zero-order valence-electron chi connectivity index (χ0n) is 11.0. The van der Waals surface area contributed by atoms with Gasteiger partial charge in [0.25, 0.3) is 0 Å². The molecule has 0 amide bonds. The molecule has 2 rings (SSSR count). The van der Waals surface area contributed by atoms with E-state index in [4.69, 9.17) is 5.84 Å². The normalized spacial score (nSPS) is 13.4. The predicted molar refractivity (Wildman–Crippen MR) is 82.0 cm³/mol. The zero-order valence-corrected chi connectivity index (χ0v) is 13.4. The lowest BCUT2D eigenvalue weighted by Crippen LogP contribution is -2.38. The summed E-state index contributed by atoms with van der Waals surface area (Å²) >= 11 is 4.97. The maximum atomic E-state index is 12.7. The third-order valence-electron chi connectivity index (χ3n) is 3.05. The fourth-order valence-electron chi connectivity index (χ4n) is 2.05. The van der Waals surface area contributed by atoms with E-state index in [2.05, 4.69) is 21.4 Å². The summed E-state index contributed by atoms with van der Waals surface area (Å²) in [6.07, 6.45) is -3.21. The number of nitrogens with two attached hydrogens (primary N) is 1. The molecule has 2 nitrogen and oxygen atoms in total. The van der Waals surface area contributed by atoms with Gasteiger partial charge in [0, 0.05) is 10.9 Å². The number of rotatable bonds is 5. The Morgan fingerprint density at radius 3 is 2.52 bits per heavy atom. The molecular formula is C14H14BrF3N2S. The van der Waals surface area contributed by atoms with Gasteiger partial charge in [-0.2, -0.15) is 13.2 Å². The Balaban J connectivity index is 2.08. The lowest BCUT2D eigenvalue weighted by Gasteiger charge is -2.16. The van der Waals surface area contributed by atoms with Crippen LogP contribution < -0.4 is 11.3 Å². The molecule has 0 aliphatic rings. The van der Waals surface area contributed by atoms with Gasteiger partial charge < -0.3 is 0 Å². The monoisotopic (exact) mass is 378 g/mol. The minimum Gasteiger partial charge on any atom is -0.271 e. The minimum atomic E-state index is -4.32. The first-order valence-corrected chi connectivity index (χ1v) is 7.86. The van der Waals surface area contributed by atoms with Crippen LogP contribution in [-0.2, 0) is 19.0 Å². The summed E-state index contributed by atoms with van der Waals surface area (Å²) in [6.45, 7) is 0.